The average Bonchev–Trinajstić information content (AvgIpc) is 2.97. The maximum atomic E-state index is 14.5. The lowest BCUT2D eigenvalue weighted by atomic mass is 9.64. The van der Waals surface area contributed by atoms with Crippen molar-refractivity contribution in [3.63, 3.8) is 0 Å². The zero-order chi connectivity index (χ0) is 28.5. The van der Waals surface area contributed by atoms with E-state index in [0.717, 1.165) is 67.4 Å². The molecule has 0 aromatic heterocycles. The molecule has 0 N–H and O–H groups in total. The first kappa shape index (κ1) is 31.5. The van der Waals surface area contributed by atoms with Gasteiger partial charge in [0.2, 0.25) is 11.6 Å². The Hall–Kier alpha value is -1.46. The molecular weight excluding hydrogens is 516 g/mol. The van der Waals surface area contributed by atoms with E-state index in [1.165, 1.54) is 77.0 Å². The average molecular weight is 569 g/mol. The number of hydrogen-bond donors (Lipinski definition) is 0. The summed E-state index contributed by atoms with van der Waals surface area (Å²) in [5.41, 5.74) is 0. The van der Waals surface area contributed by atoms with E-state index >= 15 is 0 Å². The van der Waals surface area contributed by atoms with E-state index in [4.69, 9.17) is 4.74 Å². The Morgan fingerprint density at radius 1 is 0.650 bits per heavy atom. The quantitative estimate of drug-likeness (QED) is 0.174. The van der Waals surface area contributed by atoms with E-state index in [1.54, 1.807) is 6.92 Å². The second-order valence-electron chi connectivity index (χ2n) is 13.1. The summed E-state index contributed by atoms with van der Waals surface area (Å²) >= 11 is 0. The Morgan fingerprint density at radius 2 is 1.10 bits per heavy atom. The van der Waals surface area contributed by atoms with E-state index in [2.05, 4.69) is 11.7 Å². The van der Waals surface area contributed by atoms with Crippen LogP contribution in [0.15, 0.2) is 12.1 Å². The number of benzene rings is 1. The maximum absolute atomic E-state index is 14.5. The zero-order valence-electron chi connectivity index (χ0n) is 24.9. The van der Waals surface area contributed by atoms with Gasteiger partial charge in [-0.3, -0.25) is 0 Å². The van der Waals surface area contributed by atoms with Crippen LogP contribution in [-0.4, -0.2) is 12.7 Å². The molecule has 0 aliphatic heterocycles. The second-order valence-corrected chi connectivity index (χ2v) is 13.1. The molecule has 6 heteroatoms. The summed E-state index contributed by atoms with van der Waals surface area (Å²) in [5, 5.41) is 0. The van der Waals surface area contributed by atoms with Crippen LogP contribution in [0.4, 0.5) is 17.6 Å². The van der Waals surface area contributed by atoms with E-state index in [1.807, 2.05) is 0 Å². The summed E-state index contributed by atoms with van der Waals surface area (Å²) < 4.78 is 66.9. The molecule has 40 heavy (non-hydrogen) atoms. The Bertz CT molecular complexity index is 882. The van der Waals surface area contributed by atoms with Gasteiger partial charge in [0.05, 0.1) is 13.0 Å². The van der Waals surface area contributed by atoms with Gasteiger partial charge in [0.25, 0.3) is 0 Å². The second kappa shape index (κ2) is 15.1. The fourth-order valence-electron chi connectivity index (χ4n) is 8.11. The van der Waals surface area contributed by atoms with Crippen molar-refractivity contribution < 1.29 is 27.0 Å². The highest BCUT2D eigenvalue weighted by molar-refractivity contribution is 5.35. The highest BCUT2D eigenvalue weighted by Crippen LogP contribution is 2.47. The van der Waals surface area contributed by atoms with E-state index < -0.39 is 29.9 Å². The lowest BCUT2D eigenvalue weighted by Gasteiger charge is -2.41. The molecule has 3 fully saturated rings. The van der Waals surface area contributed by atoms with Crippen molar-refractivity contribution in [3.8, 4) is 11.5 Å². The summed E-state index contributed by atoms with van der Waals surface area (Å²) in [5.74, 6) is 0.855. The molecule has 0 spiro atoms. The SMILES string of the molecule is CCCCCC1CCC(C2CCC(C3CCC(CCC(F)(F)Oc4ccc(OCC)c(F)c4F)CC3)CC2)CC1. The number of unbranched alkanes of at least 4 members (excludes halogenated alkanes) is 2. The fourth-order valence-corrected chi connectivity index (χ4v) is 8.11. The Morgan fingerprint density at radius 3 is 1.60 bits per heavy atom. The molecule has 0 radical (unpaired) electrons. The van der Waals surface area contributed by atoms with Gasteiger partial charge >= 0.3 is 6.11 Å². The molecule has 2 nitrogen and oxygen atoms in total. The smallest absolute Gasteiger partial charge is 0.397 e. The monoisotopic (exact) mass is 568 g/mol. The van der Waals surface area contributed by atoms with E-state index in [0.29, 0.717) is 6.42 Å². The van der Waals surface area contributed by atoms with Crippen molar-refractivity contribution in [2.24, 2.45) is 35.5 Å². The van der Waals surface area contributed by atoms with Gasteiger partial charge in [-0.05, 0) is 112 Å². The van der Waals surface area contributed by atoms with Crippen LogP contribution in [0, 0.1) is 47.1 Å². The fraction of sp³-hybridized carbons (Fsp3) is 0.824. The molecule has 1 aromatic carbocycles. The van der Waals surface area contributed by atoms with Crippen molar-refractivity contribution in [2.75, 3.05) is 6.61 Å². The molecule has 0 saturated heterocycles. The number of ether oxygens (including phenoxy) is 2. The minimum atomic E-state index is -3.54. The third kappa shape index (κ3) is 8.77. The topological polar surface area (TPSA) is 18.5 Å². The van der Waals surface area contributed by atoms with Crippen molar-refractivity contribution in [3.05, 3.63) is 23.8 Å². The Kier molecular flexibility index (Phi) is 11.9. The molecule has 3 saturated carbocycles. The summed E-state index contributed by atoms with van der Waals surface area (Å²) in [6.07, 6.45) is 17.4. The normalized spacial score (nSPS) is 29.8. The van der Waals surface area contributed by atoms with Gasteiger partial charge in [0, 0.05) is 0 Å². The molecular formula is C34H52F4O2. The third-order valence-corrected chi connectivity index (χ3v) is 10.6. The zero-order valence-corrected chi connectivity index (χ0v) is 24.9. The summed E-state index contributed by atoms with van der Waals surface area (Å²) in [6, 6.07) is 2.14. The van der Waals surface area contributed by atoms with Crippen LogP contribution >= 0.6 is 0 Å². The van der Waals surface area contributed by atoms with Crippen LogP contribution in [0.3, 0.4) is 0 Å². The van der Waals surface area contributed by atoms with Crippen LogP contribution < -0.4 is 9.47 Å². The van der Waals surface area contributed by atoms with Gasteiger partial charge in [-0.2, -0.15) is 17.6 Å². The molecule has 3 aliphatic rings. The largest absolute Gasteiger partial charge is 0.491 e. The van der Waals surface area contributed by atoms with Gasteiger partial charge in [0.1, 0.15) is 0 Å². The van der Waals surface area contributed by atoms with E-state index in [9.17, 15) is 17.6 Å². The molecule has 1 aromatic rings. The summed E-state index contributed by atoms with van der Waals surface area (Å²) in [6.45, 7) is 4.07. The molecule has 4 rings (SSSR count). The highest BCUT2D eigenvalue weighted by Gasteiger charge is 2.37. The van der Waals surface area contributed by atoms with Crippen LogP contribution in [0.1, 0.15) is 129 Å². The van der Waals surface area contributed by atoms with Crippen LogP contribution in [0.2, 0.25) is 0 Å². The van der Waals surface area contributed by atoms with E-state index in [-0.39, 0.29) is 18.3 Å². The highest BCUT2D eigenvalue weighted by atomic mass is 19.3. The van der Waals surface area contributed by atoms with Crippen LogP contribution in [0.25, 0.3) is 0 Å². The van der Waals surface area contributed by atoms with Gasteiger partial charge < -0.3 is 9.47 Å². The Balaban J connectivity index is 1.13. The lowest BCUT2D eigenvalue weighted by molar-refractivity contribution is -0.185. The van der Waals surface area contributed by atoms with Gasteiger partial charge in [-0.15, -0.1) is 0 Å². The van der Waals surface area contributed by atoms with Crippen LogP contribution in [-0.2, 0) is 0 Å². The molecule has 0 atom stereocenters. The van der Waals surface area contributed by atoms with Gasteiger partial charge in [0.15, 0.2) is 11.5 Å². The molecule has 3 aliphatic carbocycles. The van der Waals surface area contributed by atoms with Crippen molar-refractivity contribution in [2.45, 2.75) is 136 Å². The lowest BCUT2D eigenvalue weighted by Crippen LogP contribution is -2.30. The minimum Gasteiger partial charge on any atom is -0.491 e. The molecule has 0 bridgehead atoms. The predicted molar refractivity (Wildman–Crippen MR) is 153 cm³/mol. The number of rotatable bonds is 13. The predicted octanol–water partition coefficient (Wildman–Crippen LogP) is 11.1. The summed E-state index contributed by atoms with van der Waals surface area (Å²) in [4.78, 5) is 0. The Labute approximate surface area is 240 Å². The number of alkyl halides is 2. The maximum Gasteiger partial charge on any atom is 0.397 e. The first-order valence-corrected chi connectivity index (χ1v) is 16.5. The van der Waals surface area contributed by atoms with Crippen molar-refractivity contribution in [1.29, 1.82) is 0 Å². The van der Waals surface area contributed by atoms with Gasteiger partial charge in [-0.1, -0.05) is 58.3 Å². The standard InChI is InChI=1S/C34H52F4O2/c1-3-5-6-7-24-8-12-26(13-9-24)28-16-18-29(19-17-28)27-14-10-25(11-15-27)22-23-34(37,38)40-31-21-20-30(39-4-2)32(35)33(31)36/h20-21,24-29H,3-19,22-23H2,1-2H3. The van der Waals surface area contributed by atoms with Gasteiger partial charge in [-0.25, -0.2) is 0 Å². The molecule has 0 amide bonds. The van der Waals surface area contributed by atoms with Crippen molar-refractivity contribution >= 4 is 0 Å². The molecule has 0 heterocycles. The van der Waals surface area contributed by atoms with Crippen LogP contribution in [0.5, 0.6) is 11.5 Å². The molecule has 228 valence electrons. The first-order chi connectivity index (χ1) is 19.3. The third-order valence-electron chi connectivity index (χ3n) is 10.6. The molecule has 0 unspecified atom stereocenters. The van der Waals surface area contributed by atoms with Crippen molar-refractivity contribution in [1.82, 2.24) is 0 Å². The summed E-state index contributed by atoms with van der Waals surface area (Å²) in [7, 11) is 0. The minimum absolute atomic E-state index is 0.149. The number of hydrogen-bond acceptors (Lipinski definition) is 2. The first-order valence-electron chi connectivity index (χ1n) is 16.5. The number of halogens is 4.